The quantitative estimate of drug-likeness (QED) is 0.862. The SMILES string of the molecule is C[C@H](NCC(=O)Nc1cc(Cl)cc(Cl)c1)c1ccccc1. The van der Waals surface area contributed by atoms with E-state index in [1.54, 1.807) is 18.2 Å². The Kier molecular flexibility index (Phi) is 5.62. The van der Waals surface area contributed by atoms with Crippen molar-refractivity contribution in [2.75, 3.05) is 11.9 Å². The summed E-state index contributed by atoms with van der Waals surface area (Å²) < 4.78 is 0. The second-order valence-corrected chi connectivity index (χ2v) is 5.59. The first-order valence-electron chi connectivity index (χ1n) is 6.59. The van der Waals surface area contributed by atoms with Crippen molar-refractivity contribution in [3.63, 3.8) is 0 Å². The number of amides is 1. The summed E-state index contributed by atoms with van der Waals surface area (Å²) in [4.78, 5) is 11.9. The van der Waals surface area contributed by atoms with Gasteiger partial charge in [0.15, 0.2) is 0 Å². The highest BCUT2D eigenvalue weighted by molar-refractivity contribution is 6.35. The zero-order valence-electron chi connectivity index (χ0n) is 11.6. The predicted molar refractivity (Wildman–Crippen MR) is 88.0 cm³/mol. The van der Waals surface area contributed by atoms with Crippen molar-refractivity contribution in [2.45, 2.75) is 13.0 Å². The maximum Gasteiger partial charge on any atom is 0.238 e. The number of carbonyl (C=O) groups excluding carboxylic acids is 1. The summed E-state index contributed by atoms with van der Waals surface area (Å²) in [7, 11) is 0. The van der Waals surface area contributed by atoms with Crippen molar-refractivity contribution in [3.05, 3.63) is 64.1 Å². The minimum atomic E-state index is -0.142. The zero-order valence-corrected chi connectivity index (χ0v) is 13.1. The molecule has 2 rings (SSSR count). The fourth-order valence-corrected chi connectivity index (χ4v) is 2.46. The van der Waals surface area contributed by atoms with Crippen LogP contribution in [0.15, 0.2) is 48.5 Å². The van der Waals surface area contributed by atoms with Crippen molar-refractivity contribution in [1.29, 1.82) is 0 Å². The van der Waals surface area contributed by atoms with Gasteiger partial charge in [-0.1, -0.05) is 53.5 Å². The Morgan fingerprint density at radius 1 is 1.10 bits per heavy atom. The van der Waals surface area contributed by atoms with Gasteiger partial charge in [0.1, 0.15) is 0 Å². The van der Waals surface area contributed by atoms with Gasteiger partial charge >= 0.3 is 0 Å². The minimum Gasteiger partial charge on any atom is -0.325 e. The summed E-state index contributed by atoms with van der Waals surface area (Å²) in [5.74, 6) is -0.142. The molecule has 5 heteroatoms. The summed E-state index contributed by atoms with van der Waals surface area (Å²) >= 11 is 11.8. The van der Waals surface area contributed by atoms with Crippen LogP contribution in [-0.4, -0.2) is 12.5 Å². The maximum absolute atomic E-state index is 11.9. The second-order valence-electron chi connectivity index (χ2n) is 4.72. The van der Waals surface area contributed by atoms with Gasteiger partial charge in [-0.05, 0) is 30.7 Å². The van der Waals surface area contributed by atoms with E-state index in [-0.39, 0.29) is 18.5 Å². The fourth-order valence-electron chi connectivity index (χ4n) is 1.94. The molecule has 2 aromatic rings. The summed E-state index contributed by atoms with van der Waals surface area (Å²) in [6.07, 6.45) is 0. The number of hydrogen-bond donors (Lipinski definition) is 2. The molecule has 0 bridgehead atoms. The van der Waals surface area contributed by atoms with E-state index in [1.807, 2.05) is 37.3 Å². The van der Waals surface area contributed by atoms with E-state index in [0.717, 1.165) is 5.56 Å². The average molecular weight is 323 g/mol. The van der Waals surface area contributed by atoms with Gasteiger partial charge in [-0.3, -0.25) is 4.79 Å². The van der Waals surface area contributed by atoms with Crippen molar-refractivity contribution < 1.29 is 4.79 Å². The van der Waals surface area contributed by atoms with Gasteiger partial charge in [-0.2, -0.15) is 0 Å². The van der Waals surface area contributed by atoms with Crippen molar-refractivity contribution in [2.24, 2.45) is 0 Å². The molecule has 0 aliphatic heterocycles. The van der Waals surface area contributed by atoms with Crippen LogP contribution in [0.2, 0.25) is 10.0 Å². The highest BCUT2D eigenvalue weighted by Crippen LogP contribution is 2.22. The molecule has 0 saturated heterocycles. The van der Waals surface area contributed by atoms with E-state index >= 15 is 0 Å². The topological polar surface area (TPSA) is 41.1 Å². The summed E-state index contributed by atoms with van der Waals surface area (Å²) in [5.41, 5.74) is 1.72. The van der Waals surface area contributed by atoms with Crippen LogP contribution in [0, 0.1) is 0 Å². The Labute approximate surface area is 134 Å². The molecule has 110 valence electrons. The smallest absolute Gasteiger partial charge is 0.238 e. The first-order chi connectivity index (χ1) is 10.0. The highest BCUT2D eigenvalue weighted by Gasteiger charge is 2.08. The van der Waals surface area contributed by atoms with Crippen LogP contribution in [0.4, 0.5) is 5.69 Å². The minimum absolute atomic E-state index is 0.0971. The molecule has 21 heavy (non-hydrogen) atoms. The molecule has 0 aliphatic rings. The van der Waals surface area contributed by atoms with Gasteiger partial charge in [0, 0.05) is 21.8 Å². The second kappa shape index (κ2) is 7.46. The molecule has 2 N–H and O–H groups in total. The molecular formula is C16H16Cl2N2O. The van der Waals surface area contributed by atoms with E-state index in [9.17, 15) is 4.79 Å². The van der Waals surface area contributed by atoms with Gasteiger partial charge in [0.2, 0.25) is 5.91 Å². The molecule has 1 atom stereocenters. The highest BCUT2D eigenvalue weighted by atomic mass is 35.5. The number of anilines is 1. The Hall–Kier alpha value is -1.55. The lowest BCUT2D eigenvalue weighted by molar-refractivity contribution is -0.115. The maximum atomic E-state index is 11.9. The summed E-state index contributed by atoms with van der Waals surface area (Å²) in [5, 5.41) is 6.91. The normalized spacial score (nSPS) is 12.0. The third-order valence-electron chi connectivity index (χ3n) is 3.01. The summed E-state index contributed by atoms with van der Waals surface area (Å²) in [6.45, 7) is 2.22. The molecule has 1 amide bonds. The Morgan fingerprint density at radius 2 is 1.71 bits per heavy atom. The number of rotatable bonds is 5. The largest absolute Gasteiger partial charge is 0.325 e. The monoisotopic (exact) mass is 322 g/mol. The standard InChI is InChI=1S/C16H16Cl2N2O/c1-11(12-5-3-2-4-6-12)19-10-16(21)20-15-8-13(17)7-14(18)9-15/h2-9,11,19H,10H2,1H3,(H,20,21)/t11-/m0/s1. The molecular weight excluding hydrogens is 307 g/mol. The van der Waals surface area contributed by atoms with Crippen LogP contribution < -0.4 is 10.6 Å². The van der Waals surface area contributed by atoms with Crippen LogP contribution in [0.1, 0.15) is 18.5 Å². The Balaban J connectivity index is 1.87. The Morgan fingerprint density at radius 3 is 2.33 bits per heavy atom. The molecule has 3 nitrogen and oxygen atoms in total. The van der Waals surface area contributed by atoms with Gasteiger partial charge < -0.3 is 10.6 Å². The molecule has 0 aromatic heterocycles. The fraction of sp³-hybridized carbons (Fsp3) is 0.188. The van der Waals surface area contributed by atoms with Gasteiger partial charge in [-0.15, -0.1) is 0 Å². The number of carbonyl (C=O) groups is 1. The van der Waals surface area contributed by atoms with Crippen LogP contribution in [0.3, 0.4) is 0 Å². The van der Waals surface area contributed by atoms with Crippen molar-refractivity contribution >= 4 is 34.8 Å². The molecule has 0 unspecified atom stereocenters. The average Bonchev–Trinajstić information content (AvgIpc) is 2.44. The van der Waals surface area contributed by atoms with Gasteiger partial charge in [-0.25, -0.2) is 0 Å². The van der Waals surface area contributed by atoms with E-state index in [4.69, 9.17) is 23.2 Å². The van der Waals surface area contributed by atoms with Crippen LogP contribution >= 0.6 is 23.2 Å². The van der Waals surface area contributed by atoms with Crippen molar-refractivity contribution in [1.82, 2.24) is 5.32 Å². The zero-order chi connectivity index (χ0) is 15.2. The molecule has 0 saturated carbocycles. The lowest BCUT2D eigenvalue weighted by Gasteiger charge is -2.14. The first kappa shape index (κ1) is 15.8. The summed E-state index contributed by atoms with van der Waals surface area (Å²) in [6, 6.07) is 15.0. The molecule has 0 radical (unpaired) electrons. The first-order valence-corrected chi connectivity index (χ1v) is 7.34. The molecule has 0 fully saturated rings. The number of hydrogen-bond acceptors (Lipinski definition) is 2. The van der Waals surface area contributed by atoms with Crippen molar-refractivity contribution in [3.8, 4) is 0 Å². The van der Waals surface area contributed by atoms with Crippen LogP contribution in [-0.2, 0) is 4.79 Å². The van der Waals surface area contributed by atoms with Crippen LogP contribution in [0.25, 0.3) is 0 Å². The molecule has 0 heterocycles. The lowest BCUT2D eigenvalue weighted by Crippen LogP contribution is -2.30. The predicted octanol–water partition coefficient (Wildman–Crippen LogP) is 4.28. The Bertz CT molecular complexity index is 597. The molecule has 2 aromatic carbocycles. The van der Waals surface area contributed by atoms with E-state index in [1.165, 1.54) is 0 Å². The molecule has 0 spiro atoms. The number of benzene rings is 2. The number of nitrogens with one attached hydrogen (secondary N) is 2. The van der Waals surface area contributed by atoms with E-state index in [2.05, 4.69) is 10.6 Å². The van der Waals surface area contributed by atoms with Crippen LogP contribution in [0.5, 0.6) is 0 Å². The van der Waals surface area contributed by atoms with Gasteiger partial charge in [0.25, 0.3) is 0 Å². The van der Waals surface area contributed by atoms with E-state index in [0.29, 0.717) is 15.7 Å². The lowest BCUT2D eigenvalue weighted by atomic mass is 10.1. The van der Waals surface area contributed by atoms with E-state index < -0.39 is 0 Å². The molecule has 0 aliphatic carbocycles. The van der Waals surface area contributed by atoms with Gasteiger partial charge in [0.05, 0.1) is 6.54 Å². The third-order valence-corrected chi connectivity index (χ3v) is 3.45. The number of halogens is 2. The third kappa shape index (κ3) is 5.05.